The number of ether oxygens (including phenoxy) is 2. The smallest absolute Gasteiger partial charge is 0.310 e. The van der Waals surface area contributed by atoms with Gasteiger partial charge in [0.25, 0.3) is 0 Å². The van der Waals surface area contributed by atoms with Gasteiger partial charge in [0, 0.05) is 0 Å². The maximum Gasteiger partial charge on any atom is 0.310 e. The molecule has 0 atom stereocenters. The largest absolute Gasteiger partial charge is 0.459 e. The van der Waals surface area contributed by atoms with Crippen LogP contribution in [0.4, 0.5) is 0 Å². The molecule has 0 aromatic heterocycles. The molecule has 0 heterocycles. The molecule has 8 aliphatic carbocycles. The second-order valence-corrected chi connectivity index (χ2v) is 14.8. The fourth-order valence-electron chi connectivity index (χ4n) is 10.0. The van der Waals surface area contributed by atoms with Crippen LogP contribution < -0.4 is 0 Å². The highest BCUT2D eigenvalue weighted by Crippen LogP contribution is 2.58. The van der Waals surface area contributed by atoms with Crippen molar-refractivity contribution < 1.29 is 19.1 Å². The molecule has 0 aliphatic heterocycles. The van der Waals surface area contributed by atoms with E-state index in [0.717, 1.165) is 23.7 Å². The first-order valence-electron chi connectivity index (χ1n) is 14.5. The third kappa shape index (κ3) is 4.34. The molecule has 34 heavy (non-hydrogen) atoms. The van der Waals surface area contributed by atoms with Crippen LogP contribution in [0.15, 0.2) is 0 Å². The summed E-state index contributed by atoms with van der Waals surface area (Å²) in [5.41, 5.74) is -1.06. The number of esters is 2. The van der Waals surface area contributed by atoms with Gasteiger partial charge in [-0.3, -0.25) is 9.59 Å². The van der Waals surface area contributed by atoms with Crippen LogP contribution in [0.5, 0.6) is 0 Å². The van der Waals surface area contributed by atoms with E-state index in [2.05, 4.69) is 0 Å². The predicted octanol–water partition coefficient (Wildman–Crippen LogP) is 6.55. The van der Waals surface area contributed by atoms with Crippen molar-refractivity contribution in [1.82, 2.24) is 0 Å². The van der Waals surface area contributed by atoms with Crippen LogP contribution in [-0.2, 0) is 19.1 Å². The average molecular weight is 471 g/mol. The third-order valence-corrected chi connectivity index (χ3v) is 11.1. The fraction of sp³-hybridized carbons (Fsp3) is 0.933. The molecular weight excluding hydrogens is 424 g/mol. The summed E-state index contributed by atoms with van der Waals surface area (Å²) in [6.07, 6.45) is 14.1. The second-order valence-electron chi connectivity index (χ2n) is 14.8. The van der Waals surface area contributed by atoms with Crippen molar-refractivity contribution in [3.8, 4) is 0 Å². The Bertz CT molecular complexity index is 702. The quantitative estimate of drug-likeness (QED) is 0.396. The van der Waals surface area contributed by atoms with E-state index in [-0.39, 0.29) is 23.8 Å². The highest BCUT2D eigenvalue weighted by atomic mass is 16.6. The molecule has 8 saturated carbocycles. The van der Waals surface area contributed by atoms with Crippen LogP contribution in [0.3, 0.4) is 0 Å². The molecule has 4 heteroatoms. The molecule has 0 N–H and O–H groups in total. The molecule has 0 saturated heterocycles. The second kappa shape index (κ2) is 8.23. The molecule has 0 unspecified atom stereocenters. The summed E-state index contributed by atoms with van der Waals surface area (Å²) in [5.74, 6) is 6.00. The van der Waals surface area contributed by atoms with E-state index in [0.29, 0.717) is 36.5 Å². The average Bonchev–Trinajstić information content (AvgIpc) is 2.70. The topological polar surface area (TPSA) is 52.6 Å². The summed E-state index contributed by atoms with van der Waals surface area (Å²) >= 11 is 0. The van der Waals surface area contributed by atoms with Crippen molar-refractivity contribution in [2.45, 2.75) is 116 Å². The third-order valence-electron chi connectivity index (χ3n) is 11.1. The Kier molecular flexibility index (Phi) is 5.65. The Labute approximate surface area is 206 Å². The molecule has 0 amide bonds. The summed E-state index contributed by atoms with van der Waals surface area (Å²) < 4.78 is 12.4. The lowest BCUT2D eigenvalue weighted by Crippen LogP contribution is -2.50. The van der Waals surface area contributed by atoms with Gasteiger partial charge >= 0.3 is 11.9 Å². The number of carbonyl (C=O) groups is 2. The normalized spacial score (nSPS) is 44.4. The molecule has 8 rings (SSSR count). The first-order valence-corrected chi connectivity index (χ1v) is 14.5. The minimum absolute atomic E-state index is 0.0437. The Morgan fingerprint density at radius 3 is 1.06 bits per heavy atom. The van der Waals surface area contributed by atoms with Crippen molar-refractivity contribution in [2.24, 2.45) is 59.2 Å². The summed E-state index contributed by atoms with van der Waals surface area (Å²) in [4.78, 5) is 26.6. The summed E-state index contributed by atoms with van der Waals surface area (Å²) in [5, 5.41) is 0. The zero-order chi connectivity index (χ0) is 23.8. The molecule has 8 fully saturated rings. The van der Waals surface area contributed by atoms with Gasteiger partial charge in [-0.2, -0.15) is 0 Å². The highest BCUT2D eigenvalue weighted by molar-refractivity contribution is 5.74. The van der Waals surface area contributed by atoms with Crippen molar-refractivity contribution in [2.75, 3.05) is 0 Å². The van der Waals surface area contributed by atoms with E-state index in [1.165, 1.54) is 64.2 Å². The lowest BCUT2D eigenvalue weighted by atomic mass is 9.52. The number of hydrogen-bond donors (Lipinski definition) is 0. The standard InChI is InChI=1S/C30H46O4/c1-29(2,33-27(31)25-21-9-17-7-18(11-21)12-22(25)10-17)5-6-30(3,4)34-28(32)26-23-13-19-8-20(15-23)16-24(26)14-19/h17-26H,5-16H2,1-4H3. The van der Waals surface area contributed by atoms with Gasteiger partial charge in [0.2, 0.25) is 0 Å². The highest BCUT2D eigenvalue weighted by Gasteiger charge is 2.53. The van der Waals surface area contributed by atoms with E-state index < -0.39 is 11.2 Å². The summed E-state index contributed by atoms with van der Waals surface area (Å²) in [7, 11) is 0. The van der Waals surface area contributed by atoms with E-state index in [1.54, 1.807) is 0 Å². The summed E-state index contributed by atoms with van der Waals surface area (Å²) in [6.45, 7) is 8.15. The molecule has 8 bridgehead atoms. The molecule has 190 valence electrons. The van der Waals surface area contributed by atoms with Crippen LogP contribution in [0, 0.1) is 59.2 Å². The van der Waals surface area contributed by atoms with Crippen LogP contribution in [0.25, 0.3) is 0 Å². The molecule has 0 radical (unpaired) electrons. The number of carbonyl (C=O) groups excluding carboxylic acids is 2. The van der Waals surface area contributed by atoms with Crippen molar-refractivity contribution in [3.63, 3.8) is 0 Å². The SMILES string of the molecule is CC(C)(CCC(C)(C)OC(=O)C1C2CC3CC(C2)CC1C3)OC(=O)C1C2CC3CC(C2)CC1C3. The minimum atomic E-state index is -0.530. The monoisotopic (exact) mass is 470 g/mol. The molecule has 8 aliphatic rings. The van der Waals surface area contributed by atoms with Gasteiger partial charge in [-0.1, -0.05) is 0 Å². The predicted molar refractivity (Wildman–Crippen MR) is 131 cm³/mol. The lowest BCUT2D eigenvalue weighted by Gasteiger charge is -2.53. The molecule has 0 aromatic carbocycles. The lowest BCUT2D eigenvalue weighted by molar-refractivity contribution is -0.182. The molecule has 4 nitrogen and oxygen atoms in total. The maximum atomic E-state index is 13.3. The van der Waals surface area contributed by atoms with E-state index >= 15 is 0 Å². The fourth-order valence-corrected chi connectivity index (χ4v) is 10.0. The molecular formula is C30H46O4. The molecule has 0 aromatic rings. The van der Waals surface area contributed by atoms with E-state index in [4.69, 9.17) is 9.47 Å². The van der Waals surface area contributed by atoms with Gasteiger partial charge in [0.05, 0.1) is 11.8 Å². The summed E-state index contributed by atoms with van der Waals surface area (Å²) in [6, 6.07) is 0. The van der Waals surface area contributed by atoms with Crippen LogP contribution >= 0.6 is 0 Å². The molecule has 0 spiro atoms. The van der Waals surface area contributed by atoms with Gasteiger partial charge in [0.15, 0.2) is 0 Å². The Hall–Kier alpha value is -1.06. The first-order chi connectivity index (χ1) is 16.1. The first kappa shape index (κ1) is 23.3. The Morgan fingerprint density at radius 2 is 0.794 bits per heavy atom. The zero-order valence-electron chi connectivity index (χ0n) is 21.9. The Morgan fingerprint density at radius 1 is 0.529 bits per heavy atom. The van der Waals surface area contributed by atoms with Crippen molar-refractivity contribution in [1.29, 1.82) is 0 Å². The van der Waals surface area contributed by atoms with Gasteiger partial charge in [-0.25, -0.2) is 0 Å². The van der Waals surface area contributed by atoms with E-state index in [1.807, 2.05) is 27.7 Å². The van der Waals surface area contributed by atoms with Crippen molar-refractivity contribution >= 4 is 11.9 Å². The van der Waals surface area contributed by atoms with Crippen LogP contribution in [-0.4, -0.2) is 23.1 Å². The van der Waals surface area contributed by atoms with Gasteiger partial charge < -0.3 is 9.47 Å². The van der Waals surface area contributed by atoms with Crippen molar-refractivity contribution in [3.05, 3.63) is 0 Å². The van der Waals surface area contributed by atoms with Crippen LogP contribution in [0.2, 0.25) is 0 Å². The van der Waals surface area contributed by atoms with Gasteiger partial charge in [-0.05, 0) is 152 Å². The Balaban J connectivity index is 1.02. The zero-order valence-corrected chi connectivity index (χ0v) is 21.9. The van der Waals surface area contributed by atoms with E-state index in [9.17, 15) is 9.59 Å². The minimum Gasteiger partial charge on any atom is -0.459 e. The van der Waals surface area contributed by atoms with Gasteiger partial charge in [-0.15, -0.1) is 0 Å². The van der Waals surface area contributed by atoms with Gasteiger partial charge in [0.1, 0.15) is 11.2 Å². The number of rotatable bonds is 7. The number of hydrogen-bond acceptors (Lipinski definition) is 4. The van der Waals surface area contributed by atoms with Crippen LogP contribution in [0.1, 0.15) is 105 Å². The maximum absolute atomic E-state index is 13.3.